The monoisotopic (exact) mass is 278 g/mol. The second kappa shape index (κ2) is 6.62. The molecule has 0 unspecified atom stereocenters. The molecule has 0 aromatic heterocycles. The average Bonchev–Trinajstić information content (AvgIpc) is 2.28. The van der Waals surface area contributed by atoms with Crippen LogP contribution in [0.25, 0.3) is 0 Å². The zero-order chi connectivity index (χ0) is 15.4. The first-order valence-corrected chi connectivity index (χ1v) is 7.47. The number of ether oxygens (including phenoxy) is 2. The molecule has 1 aromatic rings. The largest absolute Gasteiger partial charge is 0.467 e. The standard InChI is InChI=1S/C18H30O2/c1-8-19-13-20-16-10-9-15(11-14(16)2)18(6,7)12-17(3,4)5/h9-11H,8,12-13H2,1-7H3. The quantitative estimate of drug-likeness (QED) is 0.533. The summed E-state index contributed by atoms with van der Waals surface area (Å²) in [6.45, 7) is 16.6. The van der Waals surface area contributed by atoms with Crippen molar-refractivity contribution in [2.24, 2.45) is 5.41 Å². The van der Waals surface area contributed by atoms with E-state index in [1.807, 2.05) is 6.92 Å². The van der Waals surface area contributed by atoms with E-state index in [0.717, 1.165) is 12.2 Å². The predicted octanol–water partition coefficient (Wildman–Crippen LogP) is 5.08. The summed E-state index contributed by atoms with van der Waals surface area (Å²) in [6.07, 6.45) is 1.15. The molecule has 1 rings (SSSR count). The molecule has 0 bridgehead atoms. The topological polar surface area (TPSA) is 18.5 Å². The molecule has 2 heteroatoms. The van der Waals surface area contributed by atoms with E-state index < -0.39 is 0 Å². The van der Waals surface area contributed by atoms with Crippen molar-refractivity contribution >= 4 is 0 Å². The third kappa shape index (κ3) is 5.16. The highest BCUT2D eigenvalue weighted by Crippen LogP contribution is 2.37. The third-order valence-electron chi connectivity index (χ3n) is 3.43. The highest BCUT2D eigenvalue weighted by Gasteiger charge is 2.27. The van der Waals surface area contributed by atoms with E-state index >= 15 is 0 Å². The summed E-state index contributed by atoms with van der Waals surface area (Å²) < 4.78 is 10.9. The van der Waals surface area contributed by atoms with Crippen molar-refractivity contribution in [1.29, 1.82) is 0 Å². The van der Waals surface area contributed by atoms with E-state index in [4.69, 9.17) is 9.47 Å². The molecule has 0 spiro atoms. The first kappa shape index (κ1) is 17.0. The molecule has 0 saturated heterocycles. The van der Waals surface area contributed by atoms with Gasteiger partial charge in [-0.15, -0.1) is 0 Å². The lowest BCUT2D eigenvalue weighted by molar-refractivity contribution is 0.0220. The molecule has 1 aromatic carbocycles. The molecule has 2 nitrogen and oxygen atoms in total. The molecule has 0 radical (unpaired) electrons. The summed E-state index contributed by atoms with van der Waals surface area (Å²) in [4.78, 5) is 0. The van der Waals surface area contributed by atoms with Crippen molar-refractivity contribution in [3.63, 3.8) is 0 Å². The molecule has 20 heavy (non-hydrogen) atoms. The lowest BCUT2D eigenvalue weighted by atomic mass is 9.72. The van der Waals surface area contributed by atoms with Crippen LogP contribution in [0.2, 0.25) is 0 Å². The summed E-state index contributed by atoms with van der Waals surface area (Å²) in [5, 5.41) is 0. The molecular formula is C18H30O2. The molecule has 0 saturated carbocycles. The third-order valence-corrected chi connectivity index (χ3v) is 3.43. The molecule has 0 N–H and O–H groups in total. The van der Waals surface area contributed by atoms with E-state index in [9.17, 15) is 0 Å². The Kier molecular flexibility index (Phi) is 5.64. The van der Waals surface area contributed by atoms with Gasteiger partial charge in [-0.2, -0.15) is 0 Å². The van der Waals surface area contributed by atoms with Gasteiger partial charge in [-0.05, 0) is 48.3 Å². The van der Waals surface area contributed by atoms with E-state index in [1.165, 1.54) is 11.1 Å². The molecule has 114 valence electrons. The first-order chi connectivity index (χ1) is 9.15. The highest BCUT2D eigenvalue weighted by atomic mass is 16.7. The Bertz CT molecular complexity index is 428. The van der Waals surface area contributed by atoms with Gasteiger partial charge in [0, 0.05) is 6.61 Å². The van der Waals surface area contributed by atoms with Crippen LogP contribution in [0.5, 0.6) is 5.75 Å². The Morgan fingerprint density at radius 2 is 1.70 bits per heavy atom. The fourth-order valence-electron chi connectivity index (χ4n) is 2.85. The van der Waals surface area contributed by atoms with Crippen molar-refractivity contribution in [1.82, 2.24) is 0 Å². The van der Waals surface area contributed by atoms with E-state index in [0.29, 0.717) is 18.8 Å². The van der Waals surface area contributed by atoms with Gasteiger partial charge in [0.1, 0.15) is 5.75 Å². The van der Waals surface area contributed by atoms with Crippen molar-refractivity contribution in [2.45, 2.75) is 60.3 Å². The molecule has 0 amide bonds. The smallest absolute Gasteiger partial charge is 0.189 e. The summed E-state index contributed by atoms with van der Waals surface area (Å²) in [7, 11) is 0. The van der Waals surface area contributed by atoms with Crippen molar-refractivity contribution in [3.05, 3.63) is 29.3 Å². The lowest BCUT2D eigenvalue weighted by Gasteiger charge is -2.33. The average molecular weight is 278 g/mol. The maximum Gasteiger partial charge on any atom is 0.189 e. The second-order valence-corrected chi connectivity index (χ2v) is 7.36. The Hall–Kier alpha value is -1.02. The van der Waals surface area contributed by atoms with Crippen molar-refractivity contribution in [3.8, 4) is 5.75 Å². The summed E-state index contributed by atoms with van der Waals surface area (Å²) >= 11 is 0. The predicted molar refractivity (Wildman–Crippen MR) is 85.4 cm³/mol. The van der Waals surface area contributed by atoms with Crippen LogP contribution in [0.3, 0.4) is 0 Å². The number of rotatable bonds is 6. The van der Waals surface area contributed by atoms with Gasteiger partial charge in [0.2, 0.25) is 0 Å². The van der Waals surface area contributed by atoms with Gasteiger partial charge in [-0.1, -0.05) is 46.8 Å². The van der Waals surface area contributed by atoms with Gasteiger partial charge in [-0.25, -0.2) is 0 Å². The second-order valence-electron chi connectivity index (χ2n) is 7.36. The Morgan fingerprint density at radius 3 is 2.20 bits per heavy atom. The number of hydrogen-bond donors (Lipinski definition) is 0. The maximum atomic E-state index is 5.62. The van der Waals surface area contributed by atoms with Crippen LogP contribution in [-0.4, -0.2) is 13.4 Å². The van der Waals surface area contributed by atoms with Gasteiger partial charge < -0.3 is 9.47 Å². The van der Waals surface area contributed by atoms with E-state index in [2.05, 4.69) is 59.7 Å². The Balaban J connectivity index is 2.85. The van der Waals surface area contributed by atoms with Crippen LogP contribution in [0.15, 0.2) is 18.2 Å². The van der Waals surface area contributed by atoms with Crippen LogP contribution in [-0.2, 0) is 10.2 Å². The van der Waals surface area contributed by atoms with Gasteiger partial charge in [-0.3, -0.25) is 0 Å². The molecule has 0 aliphatic rings. The summed E-state index contributed by atoms with van der Waals surface area (Å²) in [6, 6.07) is 6.49. The van der Waals surface area contributed by atoms with Gasteiger partial charge in [0.05, 0.1) is 0 Å². The SMILES string of the molecule is CCOCOc1ccc(C(C)(C)CC(C)(C)C)cc1C. The van der Waals surface area contributed by atoms with Crippen LogP contribution >= 0.6 is 0 Å². The maximum absolute atomic E-state index is 5.62. The van der Waals surface area contributed by atoms with Crippen LogP contribution in [0, 0.1) is 12.3 Å². The molecule has 0 heterocycles. The van der Waals surface area contributed by atoms with Crippen LogP contribution < -0.4 is 4.74 Å². The zero-order valence-corrected chi connectivity index (χ0v) is 14.2. The fraction of sp³-hybridized carbons (Fsp3) is 0.667. The minimum Gasteiger partial charge on any atom is -0.467 e. The van der Waals surface area contributed by atoms with Crippen molar-refractivity contribution in [2.75, 3.05) is 13.4 Å². The zero-order valence-electron chi connectivity index (χ0n) is 14.2. The van der Waals surface area contributed by atoms with Gasteiger partial charge in [0.15, 0.2) is 6.79 Å². The van der Waals surface area contributed by atoms with Gasteiger partial charge in [0.25, 0.3) is 0 Å². The molecule has 0 atom stereocenters. The van der Waals surface area contributed by atoms with E-state index in [1.54, 1.807) is 0 Å². The highest BCUT2D eigenvalue weighted by molar-refractivity contribution is 5.39. The van der Waals surface area contributed by atoms with Crippen LogP contribution in [0.1, 0.15) is 59.1 Å². The number of hydrogen-bond acceptors (Lipinski definition) is 2. The number of benzene rings is 1. The summed E-state index contributed by atoms with van der Waals surface area (Å²) in [5.41, 5.74) is 3.03. The van der Waals surface area contributed by atoms with Gasteiger partial charge >= 0.3 is 0 Å². The lowest BCUT2D eigenvalue weighted by Crippen LogP contribution is -2.24. The molecule has 0 aliphatic carbocycles. The van der Waals surface area contributed by atoms with E-state index in [-0.39, 0.29) is 5.41 Å². The molecule has 0 aliphatic heterocycles. The normalized spacial score (nSPS) is 12.6. The molecule has 0 fully saturated rings. The summed E-state index contributed by atoms with van der Waals surface area (Å²) in [5.74, 6) is 0.911. The minimum atomic E-state index is 0.168. The minimum absolute atomic E-state index is 0.168. The number of aryl methyl sites for hydroxylation is 1. The first-order valence-electron chi connectivity index (χ1n) is 7.47. The van der Waals surface area contributed by atoms with Crippen molar-refractivity contribution < 1.29 is 9.47 Å². The fourth-order valence-corrected chi connectivity index (χ4v) is 2.85. The molecular weight excluding hydrogens is 248 g/mol. The Morgan fingerprint density at radius 1 is 1.05 bits per heavy atom. The van der Waals surface area contributed by atoms with Crippen LogP contribution in [0.4, 0.5) is 0 Å². The Labute approximate surface area is 124 Å².